The standard InChI is InChI=1S/C9H15N3O/c1-7-5-12(2)9(10-7)11-8-3-4-13-6-8/h5,8H,3-4,6H2,1-2H3,(H,10,11). The maximum absolute atomic E-state index is 5.28. The Morgan fingerprint density at radius 1 is 1.69 bits per heavy atom. The van der Waals surface area contributed by atoms with Crippen LogP contribution in [0.5, 0.6) is 0 Å². The minimum atomic E-state index is 0.431. The van der Waals surface area contributed by atoms with Gasteiger partial charge in [-0.3, -0.25) is 0 Å². The summed E-state index contributed by atoms with van der Waals surface area (Å²) in [6.07, 6.45) is 3.09. The largest absolute Gasteiger partial charge is 0.379 e. The first-order chi connectivity index (χ1) is 6.25. The predicted molar refractivity (Wildman–Crippen MR) is 50.8 cm³/mol. The molecular weight excluding hydrogens is 166 g/mol. The lowest BCUT2D eigenvalue weighted by Gasteiger charge is -2.10. The molecule has 1 aromatic rings. The first-order valence-corrected chi connectivity index (χ1v) is 4.60. The molecular formula is C9H15N3O. The Morgan fingerprint density at radius 2 is 2.54 bits per heavy atom. The number of hydrogen-bond donors (Lipinski definition) is 1. The number of imidazole rings is 1. The molecule has 13 heavy (non-hydrogen) atoms. The molecule has 0 saturated carbocycles. The molecule has 0 radical (unpaired) electrons. The van der Waals surface area contributed by atoms with Gasteiger partial charge in [0.25, 0.3) is 0 Å². The Hall–Kier alpha value is -1.03. The van der Waals surface area contributed by atoms with E-state index in [2.05, 4.69) is 10.3 Å². The van der Waals surface area contributed by atoms with Crippen molar-refractivity contribution in [1.82, 2.24) is 9.55 Å². The SMILES string of the molecule is Cc1cn(C)c(NC2CCOC2)n1. The minimum Gasteiger partial charge on any atom is -0.379 e. The lowest BCUT2D eigenvalue weighted by atomic mass is 10.3. The molecule has 0 aliphatic carbocycles. The third kappa shape index (κ3) is 1.83. The van der Waals surface area contributed by atoms with Crippen molar-refractivity contribution in [2.75, 3.05) is 18.5 Å². The van der Waals surface area contributed by atoms with Gasteiger partial charge >= 0.3 is 0 Å². The zero-order chi connectivity index (χ0) is 9.26. The highest BCUT2D eigenvalue weighted by atomic mass is 16.5. The fraction of sp³-hybridized carbons (Fsp3) is 0.667. The monoisotopic (exact) mass is 181 g/mol. The molecule has 0 aromatic carbocycles. The molecule has 1 aliphatic rings. The minimum absolute atomic E-state index is 0.431. The molecule has 2 rings (SSSR count). The third-order valence-corrected chi connectivity index (χ3v) is 2.26. The summed E-state index contributed by atoms with van der Waals surface area (Å²) in [4.78, 5) is 4.37. The first kappa shape index (κ1) is 8.56. The van der Waals surface area contributed by atoms with Gasteiger partial charge in [0, 0.05) is 19.9 Å². The van der Waals surface area contributed by atoms with Crippen molar-refractivity contribution in [3.8, 4) is 0 Å². The number of aromatic nitrogens is 2. The highest BCUT2D eigenvalue weighted by Gasteiger charge is 2.16. The van der Waals surface area contributed by atoms with Crippen LogP contribution in [0.15, 0.2) is 6.20 Å². The smallest absolute Gasteiger partial charge is 0.203 e. The quantitative estimate of drug-likeness (QED) is 0.737. The predicted octanol–water partition coefficient (Wildman–Crippen LogP) is 0.929. The Labute approximate surface area is 77.9 Å². The number of nitrogens with zero attached hydrogens (tertiary/aromatic N) is 2. The van der Waals surface area contributed by atoms with Crippen LogP contribution in [-0.2, 0) is 11.8 Å². The van der Waals surface area contributed by atoms with Crippen molar-refractivity contribution >= 4 is 5.95 Å². The molecule has 1 N–H and O–H groups in total. The molecule has 1 aromatic heterocycles. The van der Waals surface area contributed by atoms with E-state index in [1.165, 1.54) is 0 Å². The van der Waals surface area contributed by atoms with Gasteiger partial charge in [-0.2, -0.15) is 0 Å². The molecule has 0 bridgehead atoms. The van der Waals surface area contributed by atoms with Crippen molar-refractivity contribution in [1.29, 1.82) is 0 Å². The van der Waals surface area contributed by atoms with Crippen molar-refractivity contribution in [3.05, 3.63) is 11.9 Å². The maximum Gasteiger partial charge on any atom is 0.203 e. The molecule has 4 heteroatoms. The molecule has 0 spiro atoms. The lowest BCUT2D eigenvalue weighted by molar-refractivity contribution is 0.195. The van der Waals surface area contributed by atoms with Crippen LogP contribution >= 0.6 is 0 Å². The van der Waals surface area contributed by atoms with Crippen LogP contribution in [-0.4, -0.2) is 28.8 Å². The molecule has 2 heterocycles. The number of nitrogens with one attached hydrogen (secondary N) is 1. The molecule has 1 unspecified atom stereocenters. The summed E-state index contributed by atoms with van der Waals surface area (Å²) in [5.41, 5.74) is 1.05. The summed E-state index contributed by atoms with van der Waals surface area (Å²) in [6, 6.07) is 0.431. The Balaban J connectivity index is 2.03. The van der Waals surface area contributed by atoms with E-state index < -0.39 is 0 Å². The summed E-state index contributed by atoms with van der Waals surface area (Å²) in [5.74, 6) is 0.938. The van der Waals surface area contributed by atoms with Gasteiger partial charge in [-0.05, 0) is 13.3 Å². The normalized spacial score (nSPS) is 22.2. The fourth-order valence-electron chi connectivity index (χ4n) is 1.58. The van der Waals surface area contributed by atoms with E-state index in [1.54, 1.807) is 0 Å². The molecule has 72 valence electrons. The zero-order valence-corrected chi connectivity index (χ0v) is 8.08. The Bertz CT molecular complexity index is 289. The summed E-state index contributed by atoms with van der Waals surface area (Å²) in [5, 5.41) is 3.36. The number of hydrogen-bond acceptors (Lipinski definition) is 3. The second-order valence-electron chi connectivity index (χ2n) is 3.52. The Morgan fingerprint density at radius 3 is 3.08 bits per heavy atom. The van der Waals surface area contributed by atoms with E-state index in [9.17, 15) is 0 Å². The van der Waals surface area contributed by atoms with E-state index in [4.69, 9.17) is 4.74 Å². The zero-order valence-electron chi connectivity index (χ0n) is 8.08. The van der Waals surface area contributed by atoms with E-state index in [0.717, 1.165) is 31.3 Å². The lowest BCUT2D eigenvalue weighted by Crippen LogP contribution is -2.21. The van der Waals surface area contributed by atoms with Crippen LogP contribution in [0, 0.1) is 6.92 Å². The summed E-state index contributed by atoms with van der Waals surface area (Å²) in [7, 11) is 2.00. The molecule has 1 aliphatic heterocycles. The second-order valence-corrected chi connectivity index (χ2v) is 3.52. The van der Waals surface area contributed by atoms with Crippen LogP contribution in [0.2, 0.25) is 0 Å². The maximum atomic E-state index is 5.28. The van der Waals surface area contributed by atoms with Gasteiger partial charge in [-0.25, -0.2) is 4.98 Å². The highest BCUT2D eigenvalue weighted by molar-refractivity contribution is 5.30. The third-order valence-electron chi connectivity index (χ3n) is 2.26. The number of anilines is 1. The van der Waals surface area contributed by atoms with Crippen LogP contribution in [0.1, 0.15) is 12.1 Å². The van der Waals surface area contributed by atoms with Crippen LogP contribution in [0.4, 0.5) is 5.95 Å². The Kier molecular flexibility index (Phi) is 2.22. The average molecular weight is 181 g/mol. The van der Waals surface area contributed by atoms with Gasteiger partial charge in [0.15, 0.2) is 0 Å². The van der Waals surface area contributed by atoms with Gasteiger partial charge in [0.05, 0.1) is 18.3 Å². The van der Waals surface area contributed by atoms with Gasteiger partial charge in [0.1, 0.15) is 0 Å². The van der Waals surface area contributed by atoms with Crippen molar-refractivity contribution in [2.24, 2.45) is 7.05 Å². The van der Waals surface area contributed by atoms with E-state index in [1.807, 2.05) is 24.7 Å². The van der Waals surface area contributed by atoms with E-state index in [-0.39, 0.29) is 0 Å². The summed E-state index contributed by atoms with van der Waals surface area (Å²) < 4.78 is 7.28. The number of ether oxygens (including phenoxy) is 1. The number of rotatable bonds is 2. The van der Waals surface area contributed by atoms with Gasteiger partial charge < -0.3 is 14.6 Å². The van der Waals surface area contributed by atoms with Crippen molar-refractivity contribution < 1.29 is 4.74 Å². The molecule has 4 nitrogen and oxygen atoms in total. The summed E-state index contributed by atoms with van der Waals surface area (Å²) >= 11 is 0. The molecule has 1 fully saturated rings. The average Bonchev–Trinajstić information content (AvgIpc) is 2.63. The van der Waals surface area contributed by atoms with Crippen LogP contribution in [0.3, 0.4) is 0 Å². The van der Waals surface area contributed by atoms with Crippen LogP contribution in [0.25, 0.3) is 0 Å². The first-order valence-electron chi connectivity index (χ1n) is 4.60. The topological polar surface area (TPSA) is 39.1 Å². The molecule has 1 saturated heterocycles. The molecule has 1 atom stereocenters. The highest BCUT2D eigenvalue weighted by Crippen LogP contribution is 2.12. The summed E-state index contributed by atoms with van der Waals surface area (Å²) in [6.45, 7) is 3.66. The van der Waals surface area contributed by atoms with Gasteiger partial charge in [0.2, 0.25) is 5.95 Å². The van der Waals surface area contributed by atoms with Gasteiger partial charge in [-0.15, -0.1) is 0 Å². The van der Waals surface area contributed by atoms with E-state index in [0.29, 0.717) is 6.04 Å². The second kappa shape index (κ2) is 3.38. The van der Waals surface area contributed by atoms with E-state index >= 15 is 0 Å². The van der Waals surface area contributed by atoms with Gasteiger partial charge in [-0.1, -0.05) is 0 Å². The molecule has 0 amide bonds. The van der Waals surface area contributed by atoms with Crippen molar-refractivity contribution in [2.45, 2.75) is 19.4 Å². The van der Waals surface area contributed by atoms with Crippen molar-refractivity contribution in [3.63, 3.8) is 0 Å². The van der Waals surface area contributed by atoms with Crippen LogP contribution < -0.4 is 5.32 Å². The fourth-order valence-corrected chi connectivity index (χ4v) is 1.58. The number of aryl methyl sites for hydroxylation is 2.